The first-order valence-corrected chi connectivity index (χ1v) is 11.4. The number of fused-ring (bicyclic) bond motifs is 3. The van der Waals surface area contributed by atoms with Gasteiger partial charge in [-0.3, -0.25) is 10.3 Å². The summed E-state index contributed by atoms with van der Waals surface area (Å²) < 4.78 is 7.82. The largest absolute Gasteiger partial charge is 0.491 e. The molecule has 1 amide bonds. The summed E-state index contributed by atoms with van der Waals surface area (Å²) in [6, 6.07) is 22.5. The number of pyridine rings is 1. The Bertz CT molecular complexity index is 1590. The monoisotopic (exact) mass is 465 g/mol. The molecule has 0 aliphatic carbocycles. The van der Waals surface area contributed by atoms with Gasteiger partial charge < -0.3 is 19.3 Å². The van der Waals surface area contributed by atoms with Crippen molar-refractivity contribution in [3.63, 3.8) is 0 Å². The second-order valence-corrected chi connectivity index (χ2v) is 8.57. The number of amides is 1. The first-order chi connectivity index (χ1) is 17.1. The summed E-state index contributed by atoms with van der Waals surface area (Å²) in [5, 5.41) is 12.5. The van der Waals surface area contributed by atoms with Crippen LogP contribution in [0.2, 0.25) is 0 Å². The van der Waals surface area contributed by atoms with Crippen molar-refractivity contribution >= 4 is 39.7 Å². The van der Waals surface area contributed by atoms with Gasteiger partial charge in [-0.15, -0.1) is 0 Å². The minimum absolute atomic E-state index is 0.292. The Hall–Kier alpha value is -4.59. The summed E-state index contributed by atoms with van der Waals surface area (Å²) in [6.45, 7) is 2.09. The van der Waals surface area contributed by atoms with Crippen molar-refractivity contribution in [2.75, 3.05) is 23.4 Å². The lowest BCUT2D eigenvalue weighted by atomic mass is 10.0. The lowest BCUT2D eigenvalue weighted by Gasteiger charge is -2.23. The Morgan fingerprint density at radius 1 is 1.03 bits per heavy atom. The fourth-order valence-electron chi connectivity index (χ4n) is 4.72. The molecule has 8 heteroatoms. The van der Waals surface area contributed by atoms with Crippen LogP contribution in [0.3, 0.4) is 0 Å². The van der Waals surface area contributed by atoms with Gasteiger partial charge in [0.15, 0.2) is 0 Å². The molecule has 0 saturated carbocycles. The van der Waals surface area contributed by atoms with Gasteiger partial charge in [0.1, 0.15) is 12.4 Å². The zero-order valence-electron chi connectivity index (χ0n) is 19.1. The van der Waals surface area contributed by atoms with E-state index in [1.54, 1.807) is 11.6 Å². The number of anilines is 2. The van der Waals surface area contributed by atoms with Crippen LogP contribution in [0, 0.1) is 0 Å². The van der Waals surface area contributed by atoms with Crippen LogP contribution in [0.1, 0.15) is 5.56 Å². The molecule has 0 unspecified atom stereocenters. The Morgan fingerprint density at radius 3 is 2.74 bits per heavy atom. The molecule has 0 radical (unpaired) electrons. The van der Waals surface area contributed by atoms with E-state index in [4.69, 9.17) is 9.84 Å². The molecule has 2 aromatic heterocycles. The van der Waals surface area contributed by atoms with Gasteiger partial charge in [0.05, 0.1) is 23.1 Å². The van der Waals surface area contributed by atoms with Crippen molar-refractivity contribution in [2.45, 2.75) is 6.54 Å². The second-order valence-electron chi connectivity index (χ2n) is 8.57. The van der Waals surface area contributed by atoms with Crippen LogP contribution in [0.5, 0.6) is 5.75 Å². The van der Waals surface area contributed by atoms with Gasteiger partial charge in [0.2, 0.25) is 5.95 Å². The molecule has 2 N–H and O–H groups in total. The minimum Gasteiger partial charge on any atom is -0.491 e. The highest BCUT2D eigenvalue weighted by Crippen LogP contribution is 2.34. The molecule has 1 aliphatic rings. The Labute approximate surface area is 201 Å². The van der Waals surface area contributed by atoms with Gasteiger partial charge >= 0.3 is 6.09 Å². The molecule has 8 nitrogen and oxygen atoms in total. The van der Waals surface area contributed by atoms with E-state index in [9.17, 15) is 4.79 Å². The SMILES string of the molecule is Cn1c(NC(=O)O)nc2cc(-c3ccc4c(c3)CN(c3ccnc5ccccc35)CCO4)ccc21. The number of hydrogen-bond acceptors (Lipinski definition) is 5. The van der Waals surface area contributed by atoms with E-state index >= 15 is 0 Å². The summed E-state index contributed by atoms with van der Waals surface area (Å²) in [7, 11) is 1.79. The van der Waals surface area contributed by atoms with E-state index in [-0.39, 0.29) is 0 Å². The molecule has 0 saturated heterocycles. The summed E-state index contributed by atoms with van der Waals surface area (Å²) >= 11 is 0. The highest BCUT2D eigenvalue weighted by molar-refractivity contribution is 5.92. The molecular weight excluding hydrogens is 442 g/mol. The van der Waals surface area contributed by atoms with Crippen LogP contribution in [-0.2, 0) is 13.6 Å². The van der Waals surface area contributed by atoms with Gasteiger partial charge in [0, 0.05) is 36.4 Å². The molecule has 5 aromatic rings. The van der Waals surface area contributed by atoms with Gasteiger partial charge in [0.25, 0.3) is 0 Å². The molecule has 0 spiro atoms. The fraction of sp³-hybridized carbons (Fsp3) is 0.148. The number of nitrogens with one attached hydrogen (secondary N) is 1. The molecule has 35 heavy (non-hydrogen) atoms. The van der Waals surface area contributed by atoms with Crippen LogP contribution in [0.15, 0.2) is 72.9 Å². The summed E-state index contributed by atoms with van der Waals surface area (Å²) in [5.41, 5.74) is 6.86. The third-order valence-corrected chi connectivity index (χ3v) is 6.44. The lowest BCUT2D eigenvalue weighted by molar-refractivity contribution is 0.209. The van der Waals surface area contributed by atoms with Gasteiger partial charge in [-0.2, -0.15) is 0 Å². The number of hydrogen-bond donors (Lipinski definition) is 2. The Kier molecular flexibility index (Phi) is 4.99. The third-order valence-electron chi connectivity index (χ3n) is 6.44. The van der Waals surface area contributed by atoms with Crippen LogP contribution < -0.4 is 15.0 Å². The maximum absolute atomic E-state index is 11.1. The van der Waals surface area contributed by atoms with Crippen LogP contribution >= 0.6 is 0 Å². The van der Waals surface area contributed by atoms with Gasteiger partial charge in [-0.05, 0) is 47.5 Å². The summed E-state index contributed by atoms with van der Waals surface area (Å²) in [5.74, 6) is 1.18. The predicted octanol–water partition coefficient (Wildman–Crippen LogP) is 5.28. The number of carbonyl (C=O) groups is 1. The average Bonchev–Trinajstić information content (AvgIpc) is 3.03. The quantitative estimate of drug-likeness (QED) is 0.377. The fourth-order valence-corrected chi connectivity index (χ4v) is 4.72. The first-order valence-electron chi connectivity index (χ1n) is 11.4. The molecule has 174 valence electrons. The van der Waals surface area contributed by atoms with Crippen LogP contribution in [0.25, 0.3) is 33.1 Å². The number of para-hydroxylation sites is 1. The number of benzene rings is 3. The Balaban J connectivity index is 1.36. The van der Waals surface area contributed by atoms with Crippen molar-refractivity contribution in [3.05, 3.63) is 78.5 Å². The molecule has 3 heterocycles. The van der Waals surface area contributed by atoms with Crippen molar-refractivity contribution in [3.8, 4) is 16.9 Å². The van der Waals surface area contributed by atoms with Crippen molar-refractivity contribution in [1.82, 2.24) is 14.5 Å². The molecule has 0 fully saturated rings. The van der Waals surface area contributed by atoms with Crippen LogP contribution in [-0.4, -0.2) is 38.9 Å². The van der Waals surface area contributed by atoms with E-state index in [2.05, 4.69) is 44.5 Å². The van der Waals surface area contributed by atoms with Crippen molar-refractivity contribution in [1.29, 1.82) is 0 Å². The summed E-state index contributed by atoms with van der Waals surface area (Å²) in [6.07, 6.45) is 0.719. The molecular formula is C27H23N5O3. The topological polar surface area (TPSA) is 92.5 Å². The zero-order chi connectivity index (χ0) is 23.9. The lowest BCUT2D eigenvalue weighted by Crippen LogP contribution is -2.25. The Morgan fingerprint density at radius 2 is 1.86 bits per heavy atom. The van der Waals surface area contributed by atoms with Crippen molar-refractivity contribution in [2.24, 2.45) is 7.05 Å². The number of ether oxygens (including phenoxy) is 1. The third kappa shape index (κ3) is 3.78. The molecule has 1 aliphatic heterocycles. The van der Waals surface area contributed by atoms with E-state index in [0.29, 0.717) is 12.6 Å². The highest BCUT2D eigenvalue weighted by atomic mass is 16.5. The number of aromatic nitrogens is 3. The normalized spacial score (nSPS) is 13.3. The number of aryl methyl sites for hydroxylation is 1. The smallest absolute Gasteiger partial charge is 0.411 e. The van der Waals surface area contributed by atoms with Crippen molar-refractivity contribution < 1.29 is 14.6 Å². The van der Waals surface area contributed by atoms with Gasteiger partial charge in [-0.1, -0.05) is 30.3 Å². The molecule has 0 bridgehead atoms. The van der Waals surface area contributed by atoms with Gasteiger partial charge in [-0.25, -0.2) is 9.78 Å². The molecule has 6 rings (SSSR count). The average molecular weight is 466 g/mol. The zero-order valence-corrected chi connectivity index (χ0v) is 19.1. The van der Waals surface area contributed by atoms with E-state index in [1.165, 1.54) is 0 Å². The number of imidazole rings is 1. The van der Waals surface area contributed by atoms with E-state index in [1.807, 2.05) is 48.7 Å². The maximum atomic E-state index is 11.1. The predicted molar refractivity (Wildman–Crippen MR) is 136 cm³/mol. The van der Waals surface area contributed by atoms with E-state index < -0.39 is 6.09 Å². The van der Waals surface area contributed by atoms with Crippen LogP contribution in [0.4, 0.5) is 16.4 Å². The number of nitrogens with zero attached hydrogens (tertiary/aromatic N) is 4. The van der Waals surface area contributed by atoms with E-state index in [0.717, 1.165) is 63.2 Å². The highest BCUT2D eigenvalue weighted by Gasteiger charge is 2.19. The maximum Gasteiger partial charge on any atom is 0.411 e. The standard InChI is InChI=1S/C27H23N5O3/c1-31-24-8-6-18(15-22(24)29-26(31)30-27(33)34)17-7-9-25-19(14-17)16-32(12-13-35-25)23-10-11-28-21-5-3-2-4-20(21)23/h2-11,14-15H,12-13,16H2,1H3,(H,29,30)(H,33,34). The number of rotatable bonds is 3. The summed E-state index contributed by atoms with van der Waals surface area (Å²) in [4.78, 5) is 22.4. The molecule has 3 aromatic carbocycles. The number of carboxylic acid groups (broad SMARTS) is 1. The molecule has 0 atom stereocenters. The minimum atomic E-state index is -1.14. The first kappa shape index (κ1) is 21.0. The second kappa shape index (κ2) is 8.32.